The summed E-state index contributed by atoms with van der Waals surface area (Å²) in [4.78, 5) is 4.16. The number of halogens is 1. The summed E-state index contributed by atoms with van der Waals surface area (Å²) in [6.07, 6.45) is 5.96. The summed E-state index contributed by atoms with van der Waals surface area (Å²) in [7, 11) is 0. The minimum absolute atomic E-state index is 0.203. The molecule has 1 aliphatic carbocycles. The van der Waals surface area contributed by atoms with Crippen molar-refractivity contribution in [2.45, 2.75) is 32.4 Å². The lowest BCUT2D eigenvalue weighted by molar-refractivity contribution is 0.606. The fourth-order valence-corrected chi connectivity index (χ4v) is 2.13. The van der Waals surface area contributed by atoms with Gasteiger partial charge in [-0.25, -0.2) is 9.37 Å². The smallest absolute Gasteiger partial charge is 0.147 e. The van der Waals surface area contributed by atoms with Gasteiger partial charge in [0.2, 0.25) is 0 Å². The zero-order valence-electron chi connectivity index (χ0n) is 10.4. The third-order valence-corrected chi connectivity index (χ3v) is 3.30. The largest absolute Gasteiger partial charge is 0.310 e. The maximum atomic E-state index is 14.1. The Kier molecular flexibility index (Phi) is 2.88. The normalized spacial score (nSPS) is 15.0. The van der Waals surface area contributed by atoms with Crippen molar-refractivity contribution in [2.24, 2.45) is 0 Å². The highest BCUT2D eigenvalue weighted by Gasteiger charge is 2.21. The molecule has 0 bridgehead atoms. The number of para-hydroxylation sites is 1. The van der Waals surface area contributed by atoms with E-state index in [1.807, 2.05) is 13.0 Å². The SMILES string of the molecule is Cc1nccn1-c1c(F)cccc1CNC1CC1. The Balaban J connectivity index is 1.97. The molecule has 0 atom stereocenters. The van der Waals surface area contributed by atoms with E-state index in [0.29, 0.717) is 18.3 Å². The zero-order chi connectivity index (χ0) is 12.5. The van der Waals surface area contributed by atoms with Gasteiger partial charge in [0.05, 0.1) is 5.69 Å². The first-order valence-electron chi connectivity index (χ1n) is 6.27. The van der Waals surface area contributed by atoms with Crippen LogP contribution in [-0.4, -0.2) is 15.6 Å². The number of rotatable bonds is 4. The standard InChI is InChI=1S/C14H16FN3/c1-10-16-7-8-18(10)14-11(3-2-4-13(14)15)9-17-12-5-6-12/h2-4,7-8,12,17H,5-6,9H2,1H3. The van der Waals surface area contributed by atoms with Crippen LogP contribution in [0.2, 0.25) is 0 Å². The highest BCUT2D eigenvalue weighted by atomic mass is 19.1. The molecule has 94 valence electrons. The van der Waals surface area contributed by atoms with E-state index in [-0.39, 0.29) is 5.82 Å². The van der Waals surface area contributed by atoms with E-state index in [1.165, 1.54) is 18.9 Å². The zero-order valence-corrected chi connectivity index (χ0v) is 10.4. The van der Waals surface area contributed by atoms with Crippen molar-refractivity contribution in [2.75, 3.05) is 0 Å². The van der Waals surface area contributed by atoms with Gasteiger partial charge in [0, 0.05) is 25.0 Å². The van der Waals surface area contributed by atoms with Crippen molar-refractivity contribution in [1.29, 1.82) is 0 Å². The molecular weight excluding hydrogens is 229 g/mol. The van der Waals surface area contributed by atoms with Crippen LogP contribution in [0.1, 0.15) is 24.2 Å². The summed E-state index contributed by atoms with van der Waals surface area (Å²) < 4.78 is 15.9. The summed E-state index contributed by atoms with van der Waals surface area (Å²) >= 11 is 0. The molecule has 2 aromatic rings. The van der Waals surface area contributed by atoms with Crippen LogP contribution in [0.3, 0.4) is 0 Å². The third-order valence-electron chi connectivity index (χ3n) is 3.30. The molecule has 1 aromatic heterocycles. The molecule has 0 saturated heterocycles. The van der Waals surface area contributed by atoms with Gasteiger partial charge in [0.15, 0.2) is 0 Å². The van der Waals surface area contributed by atoms with Crippen LogP contribution in [0.4, 0.5) is 4.39 Å². The summed E-state index contributed by atoms with van der Waals surface area (Å²) in [6, 6.07) is 5.84. The predicted molar refractivity (Wildman–Crippen MR) is 68.1 cm³/mol. The molecule has 18 heavy (non-hydrogen) atoms. The molecule has 1 aromatic carbocycles. The number of nitrogens with zero attached hydrogens (tertiary/aromatic N) is 2. The first kappa shape index (κ1) is 11.4. The lowest BCUT2D eigenvalue weighted by atomic mass is 10.1. The van der Waals surface area contributed by atoms with Crippen molar-refractivity contribution >= 4 is 0 Å². The van der Waals surface area contributed by atoms with Gasteiger partial charge in [0.25, 0.3) is 0 Å². The average molecular weight is 245 g/mol. The molecule has 0 aliphatic heterocycles. The van der Waals surface area contributed by atoms with E-state index in [9.17, 15) is 4.39 Å². The molecule has 0 amide bonds. The first-order valence-corrected chi connectivity index (χ1v) is 6.27. The van der Waals surface area contributed by atoms with E-state index >= 15 is 0 Å². The van der Waals surface area contributed by atoms with Gasteiger partial charge in [-0.3, -0.25) is 0 Å². The van der Waals surface area contributed by atoms with E-state index in [2.05, 4.69) is 10.3 Å². The van der Waals surface area contributed by atoms with Crippen molar-refractivity contribution in [3.05, 3.63) is 47.8 Å². The monoisotopic (exact) mass is 245 g/mol. The number of hydrogen-bond acceptors (Lipinski definition) is 2. The molecule has 1 fully saturated rings. The minimum atomic E-state index is -0.203. The van der Waals surface area contributed by atoms with E-state index in [4.69, 9.17) is 0 Å². The van der Waals surface area contributed by atoms with Crippen molar-refractivity contribution < 1.29 is 4.39 Å². The molecule has 0 unspecified atom stereocenters. The third kappa shape index (κ3) is 2.16. The number of imidazole rings is 1. The van der Waals surface area contributed by atoms with Crippen LogP contribution in [0.15, 0.2) is 30.6 Å². The second-order valence-electron chi connectivity index (χ2n) is 4.75. The van der Waals surface area contributed by atoms with E-state index in [1.54, 1.807) is 23.0 Å². The first-order chi connectivity index (χ1) is 8.75. The Labute approximate surface area is 106 Å². The highest BCUT2D eigenvalue weighted by molar-refractivity contribution is 5.43. The van der Waals surface area contributed by atoms with Gasteiger partial charge in [0.1, 0.15) is 11.6 Å². The Hall–Kier alpha value is -1.68. The molecule has 3 nitrogen and oxygen atoms in total. The van der Waals surface area contributed by atoms with Crippen LogP contribution in [-0.2, 0) is 6.54 Å². The van der Waals surface area contributed by atoms with E-state index < -0.39 is 0 Å². The second kappa shape index (κ2) is 4.53. The Morgan fingerprint density at radius 1 is 1.44 bits per heavy atom. The fraction of sp³-hybridized carbons (Fsp3) is 0.357. The van der Waals surface area contributed by atoms with Gasteiger partial charge < -0.3 is 9.88 Å². The number of nitrogens with one attached hydrogen (secondary N) is 1. The molecule has 1 saturated carbocycles. The quantitative estimate of drug-likeness (QED) is 0.897. The maximum absolute atomic E-state index is 14.1. The van der Waals surface area contributed by atoms with Gasteiger partial charge >= 0.3 is 0 Å². The van der Waals surface area contributed by atoms with Gasteiger partial charge in [-0.05, 0) is 31.4 Å². The summed E-state index contributed by atoms with van der Waals surface area (Å²) in [5.41, 5.74) is 1.59. The highest BCUT2D eigenvalue weighted by Crippen LogP contribution is 2.23. The molecule has 0 spiro atoms. The van der Waals surface area contributed by atoms with E-state index in [0.717, 1.165) is 11.4 Å². The Morgan fingerprint density at radius 3 is 2.94 bits per heavy atom. The summed E-state index contributed by atoms with van der Waals surface area (Å²) in [5.74, 6) is 0.596. The van der Waals surface area contributed by atoms with Crippen LogP contribution in [0.25, 0.3) is 5.69 Å². The number of aryl methyl sites for hydroxylation is 1. The Bertz CT molecular complexity index is 558. The van der Waals surface area contributed by atoms with Crippen LogP contribution in [0, 0.1) is 12.7 Å². The molecular formula is C14H16FN3. The molecule has 1 heterocycles. The molecule has 3 rings (SSSR count). The van der Waals surface area contributed by atoms with Gasteiger partial charge in [-0.15, -0.1) is 0 Å². The fourth-order valence-electron chi connectivity index (χ4n) is 2.13. The van der Waals surface area contributed by atoms with Crippen molar-refractivity contribution in [3.63, 3.8) is 0 Å². The summed E-state index contributed by atoms with van der Waals surface area (Å²) in [6.45, 7) is 2.58. The number of aromatic nitrogens is 2. The molecule has 1 N–H and O–H groups in total. The molecule has 0 radical (unpaired) electrons. The molecule has 1 aliphatic rings. The predicted octanol–water partition coefficient (Wildman–Crippen LogP) is 2.57. The number of benzene rings is 1. The Morgan fingerprint density at radius 2 is 2.28 bits per heavy atom. The summed E-state index contributed by atoms with van der Waals surface area (Å²) in [5, 5.41) is 3.42. The van der Waals surface area contributed by atoms with Crippen LogP contribution >= 0.6 is 0 Å². The lowest BCUT2D eigenvalue weighted by Crippen LogP contribution is -2.17. The topological polar surface area (TPSA) is 29.9 Å². The minimum Gasteiger partial charge on any atom is -0.310 e. The van der Waals surface area contributed by atoms with Crippen molar-refractivity contribution in [3.8, 4) is 5.69 Å². The second-order valence-corrected chi connectivity index (χ2v) is 4.75. The average Bonchev–Trinajstić information content (AvgIpc) is 3.09. The van der Waals surface area contributed by atoms with Gasteiger partial charge in [-0.2, -0.15) is 0 Å². The lowest BCUT2D eigenvalue weighted by Gasteiger charge is -2.13. The van der Waals surface area contributed by atoms with Crippen molar-refractivity contribution in [1.82, 2.24) is 14.9 Å². The molecule has 4 heteroatoms. The number of hydrogen-bond donors (Lipinski definition) is 1. The maximum Gasteiger partial charge on any atom is 0.147 e. The van der Waals surface area contributed by atoms with Crippen LogP contribution < -0.4 is 5.32 Å². The van der Waals surface area contributed by atoms with Crippen LogP contribution in [0.5, 0.6) is 0 Å². The van der Waals surface area contributed by atoms with Gasteiger partial charge in [-0.1, -0.05) is 12.1 Å².